The molecule has 202 valence electrons. The van der Waals surface area contributed by atoms with Gasteiger partial charge in [0.1, 0.15) is 37.2 Å². The molecule has 1 aromatic rings. The zero-order valence-electron chi connectivity index (χ0n) is 20.0. The first-order chi connectivity index (χ1) is 18.2. The second-order valence-corrected chi connectivity index (χ2v) is 9.57. The zero-order chi connectivity index (χ0) is 27.4. The monoisotopic (exact) mass is 549 g/mol. The lowest BCUT2D eigenvalue weighted by molar-refractivity contribution is -0.935. The highest BCUT2D eigenvalue weighted by Gasteiger charge is 2.87. The summed E-state index contributed by atoms with van der Waals surface area (Å²) in [5.41, 5.74) is 0.496. The second-order valence-electron chi connectivity index (χ2n) is 8.57. The number of carboxylic acids is 1. The van der Waals surface area contributed by atoms with Crippen LogP contribution in [0.3, 0.4) is 0 Å². The molecule has 1 aromatic carbocycles. The Kier molecular flexibility index (Phi) is 7.99. The first-order valence-corrected chi connectivity index (χ1v) is 12.3. The number of carboxylic acid groups (broad SMARTS) is 1. The summed E-state index contributed by atoms with van der Waals surface area (Å²) in [7, 11) is 0. The number of rotatable bonds is 13. The lowest BCUT2D eigenvalue weighted by Gasteiger charge is -2.35. The Balaban J connectivity index is 1.16. The number of thioether (sulfide) groups is 1. The van der Waals surface area contributed by atoms with Gasteiger partial charge < -0.3 is 29.4 Å². The molecule has 0 radical (unpaired) electrons. The fourth-order valence-electron chi connectivity index (χ4n) is 4.71. The van der Waals surface area contributed by atoms with Crippen molar-refractivity contribution < 1.29 is 52.9 Å². The topological polar surface area (TPSA) is 187 Å². The molecule has 1 amide bonds. The van der Waals surface area contributed by atoms with Crippen molar-refractivity contribution in [1.82, 2.24) is 5.32 Å². The Morgan fingerprint density at radius 2 is 2.03 bits per heavy atom. The molecule has 1 N–H and O–H groups in total. The van der Waals surface area contributed by atoms with Crippen molar-refractivity contribution in [2.75, 3.05) is 13.2 Å². The number of amides is 1. The number of ether oxygens (including phenoxy) is 3. The summed E-state index contributed by atoms with van der Waals surface area (Å²) < 4.78 is 14.8. The van der Waals surface area contributed by atoms with Gasteiger partial charge in [0.05, 0.1) is 16.4 Å². The van der Waals surface area contributed by atoms with Crippen LogP contribution in [0.5, 0.6) is 0 Å². The van der Waals surface area contributed by atoms with Gasteiger partial charge in [0.2, 0.25) is 5.70 Å². The van der Waals surface area contributed by atoms with Gasteiger partial charge in [0.15, 0.2) is 0 Å². The van der Waals surface area contributed by atoms with Gasteiger partial charge in [-0.1, -0.05) is 11.8 Å². The number of hydrogen-bond donors (Lipinski definition) is 1. The van der Waals surface area contributed by atoms with Gasteiger partial charge in [-0.2, -0.15) is 0 Å². The Bertz CT molecular complexity index is 1200. The van der Waals surface area contributed by atoms with Crippen molar-refractivity contribution in [3.63, 3.8) is 0 Å². The molecule has 2 unspecified atom stereocenters. The molecule has 0 aliphatic carbocycles. The van der Waals surface area contributed by atoms with Crippen molar-refractivity contribution in [3.8, 4) is 0 Å². The molecule has 3 heterocycles. The number of alkyl carbamates (subject to hydrolysis) is 1. The van der Waals surface area contributed by atoms with Crippen LogP contribution in [0, 0.1) is 16.0 Å². The highest BCUT2D eigenvalue weighted by molar-refractivity contribution is 8.05. The fraction of sp³-hybridized carbons (Fsp3) is 0.391. The first kappa shape index (κ1) is 27.1. The molecule has 38 heavy (non-hydrogen) atoms. The van der Waals surface area contributed by atoms with E-state index >= 15 is 0 Å². The maximum absolute atomic E-state index is 12.0. The summed E-state index contributed by atoms with van der Waals surface area (Å²) >= 11 is 1.04. The van der Waals surface area contributed by atoms with Gasteiger partial charge in [0, 0.05) is 24.6 Å². The van der Waals surface area contributed by atoms with Crippen molar-refractivity contribution >= 4 is 42.0 Å². The minimum atomic E-state index is -1.36. The van der Waals surface area contributed by atoms with Crippen LogP contribution < -0.4 is 10.4 Å². The SMILES string of the molecule is C[C@@H](OC=O)[C@H]1C2O[N+]23C(C(=O)[O-])=C(SC=CC(=O)OCCNC(=O)OCc2ccc([N+](=O)[O-])cc2)C[C@H]13. The molecule has 0 bridgehead atoms. The van der Waals surface area contributed by atoms with E-state index in [9.17, 15) is 34.4 Å². The lowest BCUT2D eigenvalue weighted by atomic mass is 9.84. The normalized spacial score (nSPS) is 25.4. The molecular weight excluding hydrogens is 526 g/mol. The first-order valence-electron chi connectivity index (χ1n) is 11.4. The van der Waals surface area contributed by atoms with Gasteiger partial charge in [-0.3, -0.25) is 14.9 Å². The average Bonchev–Trinajstić information content (AvgIpc) is 3.41. The van der Waals surface area contributed by atoms with Crippen LogP contribution in [0.4, 0.5) is 10.5 Å². The van der Waals surface area contributed by atoms with Crippen LogP contribution in [0.2, 0.25) is 0 Å². The molecule has 5 atom stereocenters. The number of aliphatic carboxylic acids is 1. The van der Waals surface area contributed by atoms with E-state index in [4.69, 9.17) is 19.0 Å². The number of nitrogens with zero attached hydrogens (tertiary/aromatic N) is 2. The third kappa shape index (κ3) is 5.34. The molecule has 4 rings (SSSR count). The maximum atomic E-state index is 12.0. The number of nitro groups is 1. The summed E-state index contributed by atoms with van der Waals surface area (Å²) in [6, 6.07) is 5.32. The number of hydrogen-bond acceptors (Lipinski definition) is 12. The van der Waals surface area contributed by atoms with Crippen molar-refractivity contribution in [3.05, 3.63) is 62.0 Å². The highest BCUT2D eigenvalue weighted by atomic mass is 32.2. The minimum Gasteiger partial charge on any atom is -0.540 e. The Morgan fingerprint density at radius 1 is 1.29 bits per heavy atom. The van der Waals surface area contributed by atoms with Crippen LogP contribution in [0.25, 0.3) is 0 Å². The average molecular weight is 550 g/mol. The van der Waals surface area contributed by atoms with Crippen LogP contribution in [-0.4, -0.2) is 65.6 Å². The van der Waals surface area contributed by atoms with Gasteiger partial charge >= 0.3 is 12.1 Å². The number of hydroxylamine groups is 3. The number of quaternary nitrogens is 1. The second kappa shape index (κ2) is 11.2. The van der Waals surface area contributed by atoms with E-state index < -0.39 is 35.3 Å². The third-order valence-electron chi connectivity index (χ3n) is 6.44. The van der Waals surface area contributed by atoms with E-state index in [1.807, 2.05) is 0 Å². The number of non-ortho nitro benzene ring substituents is 1. The molecule has 2 fully saturated rings. The number of nitrogens with one attached hydrogen (secondary N) is 1. The predicted octanol–water partition coefficient (Wildman–Crippen LogP) is 0.624. The lowest BCUT2D eigenvalue weighted by Crippen LogP contribution is -2.59. The number of carbonyl (C=O) groups excluding carboxylic acids is 4. The van der Waals surface area contributed by atoms with E-state index in [1.54, 1.807) is 6.92 Å². The van der Waals surface area contributed by atoms with Crippen LogP contribution in [0.1, 0.15) is 18.9 Å². The van der Waals surface area contributed by atoms with Crippen molar-refractivity contribution in [2.24, 2.45) is 5.92 Å². The third-order valence-corrected chi connectivity index (χ3v) is 7.36. The van der Waals surface area contributed by atoms with E-state index in [0.29, 0.717) is 23.4 Å². The van der Waals surface area contributed by atoms with Gasteiger partial charge in [0.25, 0.3) is 18.4 Å². The van der Waals surface area contributed by atoms with E-state index in [0.717, 1.165) is 17.8 Å². The molecule has 3 aliphatic rings. The molecule has 2 saturated heterocycles. The summed E-state index contributed by atoms with van der Waals surface area (Å²) in [6.45, 7) is 1.83. The quantitative estimate of drug-likeness (QED) is 0.0417. The Labute approximate surface area is 219 Å². The minimum absolute atomic E-state index is 0.00834. The molecular formula is C23H23N3O11S. The summed E-state index contributed by atoms with van der Waals surface area (Å²) in [5.74, 6) is -2.20. The summed E-state index contributed by atoms with van der Waals surface area (Å²) in [5, 5.41) is 26.2. The van der Waals surface area contributed by atoms with Crippen molar-refractivity contribution in [2.45, 2.75) is 38.3 Å². The highest BCUT2D eigenvalue weighted by Crippen LogP contribution is 2.66. The van der Waals surface area contributed by atoms with Crippen LogP contribution in [-0.2, 0) is 40.0 Å². The molecule has 15 heteroatoms. The van der Waals surface area contributed by atoms with E-state index in [1.165, 1.54) is 29.7 Å². The van der Waals surface area contributed by atoms with Crippen molar-refractivity contribution in [1.29, 1.82) is 0 Å². The molecule has 0 saturated carbocycles. The van der Waals surface area contributed by atoms with Gasteiger partial charge in [-0.05, 0) is 30.0 Å². The largest absolute Gasteiger partial charge is 0.540 e. The summed E-state index contributed by atoms with van der Waals surface area (Å²) in [4.78, 5) is 62.4. The molecule has 3 aliphatic heterocycles. The molecule has 1 spiro atoms. The van der Waals surface area contributed by atoms with Crippen LogP contribution in [0.15, 0.2) is 46.4 Å². The number of carbonyl (C=O) groups is 4. The standard InChI is InChI=1S/C23H23N3O11S/c1-13(36-12-27)19-16-10-17(20(22(29)30)26(16)21(19)37-26)38-9-6-18(28)34-8-7-24-23(31)35-11-14-2-4-15(5-3-14)25(32)33/h2-6,9,12-13,16,19,21H,7-8,10-11H2,1H3,(H-,24,29,30,31)/t13-,16-,19-,21?,26?/m1/s1. The summed E-state index contributed by atoms with van der Waals surface area (Å²) in [6.07, 6.45) is -0.0890. The van der Waals surface area contributed by atoms with Crippen LogP contribution >= 0.6 is 11.8 Å². The maximum Gasteiger partial charge on any atom is 0.407 e. The number of nitro benzene ring substituents is 1. The Morgan fingerprint density at radius 3 is 2.68 bits per heavy atom. The van der Waals surface area contributed by atoms with Gasteiger partial charge in [-0.15, -0.1) is 9.48 Å². The zero-order valence-corrected chi connectivity index (χ0v) is 20.8. The van der Waals surface area contributed by atoms with Gasteiger partial charge in [-0.25, -0.2) is 9.59 Å². The fourth-order valence-corrected chi connectivity index (χ4v) is 5.66. The van der Waals surface area contributed by atoms with E-state index in [2.05, 4.69) is 5.32 Å². The number of benzene rings is 1. The predicted molar refractivity (Wildman–Crippen MR) is 125 cm³/mol. The number of esters is 1. The Hall–Kier alpha value is -3.95. The van der Waals surface area contributed by atoms with E-state index in [-0.39, 0.29) is 47.7 Å². The molecule has 14 nitrogen and oxygen atoms in total. The molecule has 0 aromatic heterocycles. The smallest absolute Gasteiger partial charge is 0.407 e.